The van der Waals surface area contributed by atoms with E-state index in [9.17, 15) is 14.4 Å². The summed E-state index contributed by atoms with van der Waals surface area (Å²) in [6.45, 7) is 6.64. The van der Waals surface area contributed by atoms with Crippen LogP contribution in [0.15, 0.2) is 41.8 Å². The van der Waals surface area contributed by atoms with Crippen molar-refractivity contribution < 1.29 is 24.2 Å². The lowest BCUT2D eigenvalue weighted by Crippen LogP contribution is -2.26. The van der Waals surface area contributed by atoms with Gasteiger partial charge in [-0.05, 0) is 54.4 Å². The Kier molecular flexibility index (Phi) is 6.82. The Bertz CT molecular complexity index is 1300. The van der Waals surface area contributed by atoms with Crippen molar-refractivity contribution in [2.75, 3.05) is 17.7 Å². The number of aromatic nitrogens is 1. The second-order valence-electron chi connectivity index (χ2n) is 9.40. The van der Waals surface area contributed by atoms with Crippen LogP contribution in [0.4, 0.5) is 15.9 Å². The molecular weight excluding hydrogens is 469 g/mol. The van der Waals surface area contributed by atoms with E-state index < -0.39 is 17.3 Å². The predicted molar refractivity (Wildman–Crippen MR) is 136 cm³/mol. The van der Waals surface area contributed by atoms with E-state index in [1.807, 2.05) is 13.0 Å². The van der Waals surface area contributed by atoms with Gasteiger partial charge in [0.2, 0.25) is 0 Å². The third-order valence-electron chi connectivity index (χ3n) is 6.25. The molecule has 0 saturated heterocycles. The van der Waals surface area contributed by atoms with Gasteiger partial charge in [-0.2, -0.15) is 0 Å². The number of aromatic carboxylic acids is 1. The largest absolute Gasteiger partial charge is 0.494 e. The molecule has 3 aromatic rings. The maximum atomic E-state index is 14.2. The molecule has 0 spiro atoms. The van der Waals surface area contributed by atoms with Crippen molar-refractivity contribution in [1.82, 2.24) is 4.98 Å². The zero-order valence-corrected chi connectivity index (χ0v) is 20.9. The van der Waals surface area contributed by atoms with Crippen molar-refractivity contribution in [2.45, 2.75) is 40.0 Å². The number of carbonyl (C=O) groups is 1. The van der Waals surface area contributed by atoms with E-state index >= 15 is 0 Å². The molecule has 7 nitrogen and oxygen atoms in total. The molecule has 0 amide bonds. The van der Waals surface area contributed by atoms with Crippen LogP contribution < -0.4 is 15.3 Å². The number of allylic oxidation sites excluding steroid dienone is 2. The van der Waals surface area contributed by atoms with Gasteiger partial charge in [0.25, 0.3) is 0 Å². The molecule has 9 heteroatoms. The highest BCUT2D eigenvalue weighted by molar-refractivity contribution is 7.13. The molecule has 1 heterocycles. The zero-order valence-electron chi connectivity index (χ0n) is 20.1. The molecule has 35 heavy (non-hydrogen) atoms. The minimum absolute atomic E-state index is 0.0523. The average molecular weight is 498 g/mol. The van der Waals surface area contributed by atoms with E-state index in [1.54, 1.807) is 5.38 Å². The molecule has 1 aliphatic carbocycles. The fraction of sp³-hybridized carbons (Fsp3) is 0.308. The summed E-state index contributed by atoms with van der Waals surface area (Å²) in [5.41, 5.74) is 7.11. The maximum absolute atomic E-state index is 14.2. The Morgan fingerprint density at radius 1 is 1.29 bits per heavy atom. The summed E-state index contributed by atoms with van der Waals surface area (Å²) in [6.07, 6.45) is 5.65. The van der Waals surface area contributed by atoms with Crippen LogP contribution in [0.1, 0.15) is 54.6 Å². The molecule has 0 radical (unpaired) electrons. The number of hydrazine groups is 1. The van der Waals surface area contributed by atoms with Gasteiger partial charge in [0.05, 0.1) is 12.7 Å². The lowest BCUT2D eigenvalue weighted by atomic mass is 9.77. The summed E-state index contributed by atoms with van der Waals surface area (Å²) in [5, 5.41) is 22.6. The van der Waals surface area contributed by atoms with E-state index in [0.29, 0.717) is 10.6 Å². The minimum Gasteiger partial charge on any atom is -0.494 e. The van der Waals surface area contributed by atoms with Crippen molar-refractivity contribution in [3.8, 4) is 16.3 Å². The SMILES string of the molecule is COc1cc(C(=O)O)c(F)cc1NN(O)c1csc(-c2ccc(C3=CCC(C)(C)CC3)cc2C)n1. The Hall–Kier alpha value is -3.43. The molecule has 184 valence electrons. The highest BCUT2D eigenvalue weighted by Gasteiger charge is 2.22. The van der Waals surface area contributed by atoms with Crippen molar-refractivity contribution in [3.05, 3.63) is 64.3 Å². The van der Waals surface area contributed by atoms with Crippen LogP contribution in [0.25, 0.3) is 16.1 Å². The number of methoxy groups -OCH3 is 1. The van der Waals surface area contributed by atoms with Crippen LogP contribution in [0.5, 0.6) is 5.75 Å². The normalized spacial score (nSPS) is 14.9. The number of hydrogen-bond acceptors (Lipinski definition) is 7. The first-order valence-electron chi connectivity index (χ1n) is 11.2. The molecule has 4 rings (SSSR count). The molecule has 1 aromatic heterocycles. The monoisotopic (exact) mass is 497 g/mol. The average Bonchev–Trinajstić information content (AvgIpc) is 3.29. The number of nitrogens with one attached hydrogen (secondary N) is 1. The molecule has 0 fully saturated rings. The van der Waals surface area contributed by atoms with Crippen molar-refractivity contribution in [1.29, 1.82) is 0 Å². The van der Waals surface area contributed by atoms with Crippen LogP contribution in [-0.4, -0.2) is 28.4 Å². The third kappa shape index (κ3) is 5.31. The maximum Gasteiger partial charge on any atom is 0.338 e. The summed E-state index contributed by atoms with van der Waals surface area (Å²) in [7, 11) is 1.32. The van der Waals surface area contributed by atoms with Gasteiger partial charge in [-0.15, -0.1) is 16.5 Å². The fourth-order valence-corrected chi connectivity index (χ4v) is 4.95. The van der Waals surface area contributed by atoms with E-state index in [-0.39, 0.29) is 17.3 Å². The number of benzene rings is 2. The van der Waals surface area contributed by atoms with E-state index in [1.165, 1.54) is 36.0 Å². The highest BCUT2D eigenvalue weighted by Crippen LogP contribution is 2.39. The number of halogens is 1. The van der Waals surface area contributed by atoms with Gasteiger partial charge in [-0.3, -0.25) is 10.6 Å². The summed E-state index contributed by atoms with van der Waals surface area (Å²) in [4.78, 5) is 15.7. The second-order valence-corrected chi connectivity index (χ2v) is 10.3. The molecular formula is C26H28FN3O4S. The Morgan fingerprint density at radius 2 is 2.06 bits per heavy atom. The number of anilines is 2. The number of thiazole rings is 1. The van der Waals surface area contributed by atoms with Gasteiger partial charge in [0.15, 0.2) is 5.82 Å². The van der Waals surface area contributed by atoms with E-state index in [2.05, 4.69) is 42.5 Å². The fourth-order valence-electron chi connectivity index (χ4n) is 4.07. The Morgan fingerprint density at radius 3 is 2.69 bits per heavy atom. The molecule has 0 bridgehead atoms. The smallest absolute Gasteiger partial charge is 0.338 e. The molecule has 0 saturated carbocycles. The van der Waals surface area contributed by atoms with E-state index in [0.717, 1.165) is 41.1 Å². The van der Waals surface area contributed by atoms with Gasteiger partial charge in [-0.25, -0.2) is 14.2 Å². The number of rotatable bonds is 7. The van der Waals surface area contributed by atoms with Gasteiger partial charge >= 0.3 is 5.97 Å². The van der Waals surface area contributed by atoms with Gasteiger partial charge < -0.3 is 9.84 Å². The van der Waals surface area contributed by atoms with Gasteiger partial charge in [0.1, 0.15) is 22.3 Å². The number of carboxylic acids is 1. The first-order chi connectivity index (χ1) is 16.6. The van der Waals surface area contributed by atoms with Crippen LogP contribution in [0.3, 0.4) is 0 Å². The number of carboxylic acid groups (broad SMARTS) is 1. The van der Waals surface area contributed by atoms with Crippen LogP contribution in [-0.2, 0) is 0 Å². The van der Waals surface area contributed by atoms with Crippen LogP contribution in [0, 0.1) is 18.2 Å². The molecule has 0 atom stereocenters. The summed E-state index contributed by atoms with van der Waals surface area (Å²) >= 11 is 1.37. The van der Waals surface area contributed by atoms with Crippen molar-refractivity contribution >= 4 is 34.4 Å². The quantitative estimate of drug-likeness (QED) is 0.310. The lowest BCUT2D eigenvalue weighted by Gasteiger charge is -2.28. The highest BCUT2D eigenvalue weighted by atomic mass is 32.1. The number of ether oxygens (including phenoxy) is 1. The summed E-state index contributed by atoms with van der Waals surface area (Å²) < 4.78 is 19.3. The topological polar surface area (TPSA) is 94.9 Å². The summed E-state index contributed by atoms with van der Waals surface area (Å²) in [5.74, 6) is -2.11. The van der Waals surface area contributed by atoms with Gasteiger partial charge in [-0.1, -0.05) is 38.1 Å². The van der Waals surface area contributed by atoms with E-state index in [4.69, 9.17) is 9.84 Å². The lowest BCUT2D eigenvalue weighted by molar-refractivity contribution is 0.0691. The molecule has 0 aliphatic heterocycles. The predicted octanol–water partition coefficient (Wildman–Crippen LogP) is 6.78. The first-order valence-corrected chi connectivity index (χ1v) is 12.1. The van der Waals surface area contributed by atoms with Crippen molar-refractivity contribution in [2.24, 2.45) is 5.41 Å². The number of hydrogen-bond donors (Lipinski definition) is 3. The molecule has 1 aliphatic rings. The summed E-state index contributed by atoms with van der Waals surface area (Å²) in [6, 6.07) is 8.33. The first kappa shape index (κ1) is 24.7. The standard InChI is InChI=1S/C26H28FN3O4S/c1-15-11-17(16-7-9-26(2,3)10-8-16)5-6-18(15)24-28-23(14-35-24)30(33)29-21-13-20(27)19(25(31)32)12-22(21)34-4/h5-7,11-14,29,33H,8-10H2,1-4H3,(H,31,32). The van der Waals surface area contributed by atoms with Crippen LogP contribution in [0.2, 0.25) is 0 Å². The molecule has 0 unspecified atom stereocenters. The van der Waals surface area contributed by atoms with Crippen molar-refractivity contribution in [3.63, 3.8) is 0 Å². The Labute approximate surface area is 207 Å². The minimum atomic E-state index is -1.41. The zero-order chi connectivity index (χ0) is 25.3. The number of aryl methyl sites for hydroxylation is 1. The molecule has 3 N–H and O–H groups in total. The van der Waals surface area contributed by atoms with Gasteiger partial charge in [0, 0.05) is 17.0 Å². The number of nitrogens with zero attached hydrogens (tertiary/aromatic N) is 2. The molecule has 2 aromatic carbocycles. The Balaban J connectivity index is 1.53. The van der Waals surface area contributed by atoms with Crippen LogP contribution >= 0.6 is 11.3 Å². The third-order valence-corrected chi connectivity index (χ3v) is 7.12. The second kappa shape index (κ2) is 9.67.